The Morgan fingerprint density at radius 1 is 1.33 bits per heavy atom. The molecule has 104 valence electrons. The van der Waals surface area contributed by atoms with Crippen molar-refractivity contribution in [2.75, 3.05) is 0 Å². The smallest absolute Gasteiger partial charge is 0.138 e. The monoisotopic (exact) mass is 254 g/mol. The summed E-state index contributed by atoms with van der Waals surface area (Å²) in [4.78, 5) is 11.9. The maximum Gasteiger partial charge on any atom is 0.138 e. The van der Waals surface area contributed by atoms with Gasteiger partial charge in [-0.25, -0.2) is 0 Å². The highest BCUT2D eigenvalue weighted by atomic mass is 16.3. The topological polar surface area (TPSA) is 57.5 Å². The van der Waals surface area contributed by atoms with E-state index in [0.29, 0.717) is 12.8 Å². The Morgan fingerprint density at radius 3 is 2.50 bits per heavy atom. The van der Waals surface area contributed by atoms with Crippen molar-refractivity contribution in [3.8, 4) is 0 Å². The fourth-order valence-electron chi connectivity index (χ4n) is 3.96. The molecule has 0 unspecified atom stereocenters. The number of Topliss-reactive ketones (excluding diaryl/α,β-unsaturated/α-hetero) is 1. The van der Waals surface area contributed by atoms with Gasteiger partial charge in [0.05, 0.1) is 11.2 Å². The molecule has 0 aliphatic heterocycles. The van der Waals surface area contributed by atoms with Crippen LogP contribution in [0.15, 0.2) is 0 Å². The van der Waals surface area contributed by atoms with E-state index in [1.54, 1.807) is 13.8 Å². The van der Waals surface area contributed by atoms with Crippen molar-refractivity contribution in [1.29, 1.82) is 0 Å². The second kappa shape index (κ2) is 4.04. The summed E-state index contributed by atoms with van der Waals surface area (Å²) in [6.45, 7) is 7.57. The lowest BCUT2D eigenvalue weighted by molar-refractivity contribution is -0.195. The van der Waals surface area contributed by atoms with Crippen LogP contribution >= 0.6 is 0 Å². The van der Waals surface area contributed by atoms with E-state index in [-0.39, 0.29) is 23.0 Å². The lowest BCUT2D eigenvalue weighted by Gasteiger charge is -2.57. The minimum atomic E-state index is -0.939. The van der Waals surface area contributed by atoms with Crippen LogP contribution in [0.2, 0.25) is 0 Å². The van der Waals surface area contributed by atoms with E-state index in [1.165, 1.54) is 0 Å². The highest BCUT2D eigenvalue weighted by Gasteiger charge is 2.59. The van der Waals surface area contributed by atoms with Gasteiger partial charge in [0, 0.05) is 12.3 Å². The third-order valence-corrected chi connectivity index (χ3v) is 5.77. The number of hydrogen-bond donors (Lipinski definition) is 2. The van der Waals surface area contributed by atoms with Crippen molar-refractivity contribution >= 4 is 5.78 Å². The molecule has 2 fully saturated rings. The second-order valence-electron chi connectivity index (χ2n) is 7.27. The maximum atomic E-state index is 11.9. The predicted molar refractivity (Wildman–Crippen MR) is 70.1 cm³/mol. The van der Waals surface area contributed by atoms with Crippen LogP contribution in [0.1, 0.15) is 59.8 Å². The average molecular weight is 254 g/mol. The zero-order valence-electron chi connectivity index (χ0n) is 12.0. The van der Waals surface area contributed by atoms with E-state index >= 15 is 0 Å². The van der Waals surface area contributed by atoms with Gasteiger partial charge in [-0.3, -0.25) is 4.79 Å². The molecule has 0 radical (unpaired) electrons. The van der Waals surface area contributed by atoms with E-state index in [1.807, 2.05) is 6.92 Å². The molecule has 0 heterocycles. The van der Waals surface area contributed by atoms with Crippen molar-refractivity contribution in [2.24, 2.45) is 17.3 Å². The van der Waals surface area contributed by atoms with Gasteiger partial charge >= 0.3 is 0 Å². The Bertz CT molecular complexity index is 357. The van der Waals surface area contributed by atoms with Crippen LogP contribution in [0.4, 0.5) is 0 Å². The summed E-state index contributed by atoms with van der Waals surface area (Å²) in [7, 11) is 0. The van der Waals surface area contributed by atoms with Gasteiger partial charge in [-0.15, -0.1) is 0 Å². The van der Waals surface area contributed by atoms with E-state index < -0.39 is 11.2 Å². The first-order chi connectivity index (χ1) is 8.10. The summed E-state index contributed by atoms with van der Waals surface area (Å²) >= 11 is 0. The van der Waals surface area contributed by atoms with Crippen LogP contribution in [-0.4, -0.2) is 27.2 Å². The lowest BCUT2D eigenvalue weighted by atomic mass is 9.50. The zero-order chi connectivity index (χ0) is 13.8. The van der Waals surface area contributed by atoms with Gasteiger partial charge in [0.2, 0.25) is 0 Å². The molecule has 2 N–H and O–H groups in total. The summed E-state index contributed by atoms with van der Waals surface area (Å²) in [5.74, 6) is -0.0586. The standard InChI is InChI=1S/C15H26O3/c1-10-12(16)6-8-14(4)7-5-11(13(2,3)17)9-15(10,14)18/h10-11,17-18H,5-9H2,1-4H3/t10-,11-,14-,15-/m0/s1. The van der Waals surface area contributed by atoms with Gasteiger partial charge in [-0.1, -0.05) is 13.8 Å². The predicted octanol–water partition coefficient (Wildman–Crippen LogP) is 2.29. The summed E-state index contributed by atoms with van der Waals surface area (Å²) in [6, 6.07) is 0. The molecule has 0 amide bonds. The molecule has 2 aliphatic carbocycles. The molecule has 4 atom stereocenters. The third kappa shape index (κ3) is 1.92. The molecular weight excluding hydrogens is 228 g/mol. The van der Waals surface area contributed by atoms with Gasteiger partial charge in [-0.2, -0.15) is 0 Å². The van der Waals surface area contributed by atoms with Crippen molar-refractivity contribution in [3.63, 3.8) is 0 Å². The lowest BCUT2D eigenvalue weighted by Crippen LogP contribution is -2.61. The van der Waals surface area contributed by atoms with E-state index in [2.05, 4.69) is 6.92 Å². The molecule has 2 rings (SSSR count). The van der Waals surface area contributed by atoms with Gasteiger partial charge in [-0.05, 0) is 50.9 Å². The summed E-state index contributed by atoms with van der Waals surface area (Å²) in [6.07, 6.45) is 3.75. The van der Waals surface area contributed by atoms with Crippen LogP contribution in [0, 0.1) is 17.3 Å². The average Bonchev–Trinajstić information content (AvgIpc) is 2.26. The highest BCUT2D eigenvalue weighted by Crippen LogP contribution is 2.56. The quantitative estimate of drug-likeness (QED) is 0.755. The Morgan fingerprint density at radius 2 is 1.94 bits per heavy atom. The number of carbonyl (C=O) groups excluding carboxylic acids is 1. The molecule has 0 spiro atoms. The number of rotatable bonds is 1. The molecule has 0 aromatic carbocycles. The van der Waals surface area contributed by atoms with E-state index in [0.717, 1.165) is 19.3 Å². The van der Waals surface area contributed by atoms with Gasteiger partial charge in [0.25, 0.3) is 0 Å². The summed E-state index contributed by atoms with van der Waals surface area (Å²) < 4.78 is 0. The SMILES string of the molecule is C[C@H]1C(=O)CC[C@]2(C)CC[C@H](C(C)(C)O)C[C@]12O. The largest absolute Gasteiger partial charge is 0.390 e. The third-order valence-electron chi connectivity index (χ3n) is 5.77. The van der Waals surface area contributed by atoms with Crippen molar-refractivity contribution in [1.82, 2.24) is 0 Å². The van der Waals surface area contributed by atoms with E-state index in [4.69, 9.17) is 0 Å². The molecule has 0 saturated heterocycles. The molecule has 0 bridgehead atoms. The summed E-state index contributed by atoms with van der Waals surface area (Å²) in [5, 5.41) is 21.3. The van der Waals surface area contributed by atoms with Gasteiger partial charge in [0.1, 0.15) is 5.78 Å². The minimum Gasteiger partial charge on any atom is -0.390 e. The van der Waals surface area contributed by atoms with Gasteiger partial charge in [0.15, 0.2) is 0 Å². The van der Waals surface area contributed by atoms with Crippen LogP contribution in [0.3, 0.4) is 0 Å². The number of hydrogen-bond acceptors (Lipinski definition) is 3. The molecule has 18 heavy (non-hydrogen) atoms. The Labute approximate surface area is 110 Å². The maximum absolute atomic E-state index is 11.9. The Kier molecular flexibility index (Phi) is 3.14. The van der Waals surface area contributed by atoms with Crippen LogP contribution in [0.5, 0.6) is 0 Å². The molecule has 2 aliphatic rings. The first kappa shape index (κ1) is 14.0. The number of fused-ring (bicyclic) bond motifs is 1. The normalized spacial score (nSPS) is 45.8. The van der Waals surface area contributed by atoms with Crippen LogP contribution in [0.25, 0.3) is 0 Å². The van der Waals surface area contributed by atoms with Gasteiger partial charge < -0.3 is 10.2 Å². The van der Waals surface area contributed by atoms with Crippen LogP contribution in [-0.2, 0) is 4.79 Å². The molecule has 2 saturated carbocycles. The summed E-state index contributed by atoms with van der Waals surface area (Å²) in [5.41, 5.74) is -1.88. The first-order valence-corrected chi connectivity index (χ1v) is 7.08. The van der Waals surface area contributed by atoms with Crippen molar-refractivity contribution in [2.45, 2.75) is 71.0 Å². The highest BCUT2D eigenvalue weighted by molar-refractivity contribution is 5.83. The molecular formula is C15H26O3. The number of carbonyl (C=O) groups is 1. The number of ketones is 1. The molecule has 3 heteroatoms. The van der Waals surface area contributed by atoms with Crippen LogP contribution < -0.4 is 0 Å². The molecule has 0 aromatic heterocycles. The first-order valence-electron chi connectivity index (χ1n) is 7.08. The fraction of sp³-hybridized carbons (Fsp3) is 0.933. The fourth-order valence-corrected chi connectivity index (χ4v) is 3.96. The molecule has 3 nitrogen and oxygen atoms in total. The number of aliphatic hydroxyl groups is 2. The minimum absolute atomic E-state index is 0.0731. The van der Waals surface area contributed by atoms with Crippen molar-refractivity contribution < 1.29 is 15.0 Å². The zero-order valence-corrected chi connectivity index (χ0v) is 12.0. The Hall–Kier alpha value is -0.410. The Balaban J connectivity index is 2.32. The van der Waals surface area contributed by atoms with Crippen molar-refractivity contribution in [3.05, 3.63) is 0 Å². The molecule has 0 aromatic rings. The van der Waals surface area contributed by atoms with E-state index in [9.17, 15) is 15.0 Å². The second-order valence-corrected chi connectivity index (χ2v) is 7.27.